The summed E-state index contributed by atoms with van der Waals surface area (Å²) in [5.41, 5.74) is 3.85. The minimum Gasteiger partial charge on any atom is -0.422 e. The van der Waals surface area contributed by atoms with Gasteiger partial charge in [0.15, 0.2) is 17.2 Å². The van der Waals surface area contributed by atoms with Crippen LogP contribution in [0.2, 0.25) is 0 Å². The molecule has 0 saturated carbocycles. The van der Waals surface area contributed by atoms with Crippen LogP contribution in [0, 0.1) is 13.8 Å². The van der Waals surface area contributed by atoms with E-state index >= 15 is 0 Å². The van der Waals surface area contributed by atoms with Gasteiger partial charge in [0.2, 0.25) is 0 Å². The number of oxazole rings is 1. The molecular formula is C18H23N5O. The van der Waals surface area contributed by atoms with Crippen LogP contribution in [0.15, 0.2) is 28.7 Å². The Labute approximate surface area is 142 Å². The van der Waals surface area contributed by atoms with Crippen molar-refractivity contribution in [2.75, 3.05) is 26.0 Å². The summed E-state index contributed by atoms with van der Waals surface area (Å²) in [7, 11) is 6.18. The van der Waals surface area contributed by atoms with Crippen molar-refractivity contribution in [3.63, 3.8) is 0 Å². The number of aromatic nitrogens is 3. The number of anilines is 1. The summed E-state index contributed by atoms with van der Waals surface area (Å²) in [6.07, 6.45) is 0. The van der Waals surface area contributed by atoms with E-state index in [2.05, 4.69) is 63.1 Å². The Kier molecular flexibility index (Phi) is 4.49. The Morgan fingerprint density at radius 1 is 0.917 bits per heavy atom. The number of hydrogen-bond donors (Lipinski definition) is 0. The molecule has 0 radical (unpaired) electrons. The van der Waals surface area contributed by atoms with E-state index < -0.39 is 0 Å². The molecule has 1 aromatic carbocycles. The van der Waals surface area contributed by atoms with Gasteiger partial charge in [0.1, 0.15) is 5.82 Å². The first-order valence-corrected chi connectivity index (χ1v) is 7.98. The molecule has 0 aliphatic rings. The lowest BCUT2D eigenvalue weighted by Gasteiger charge is -2.21. The summed E-state index contributed by atoms with van der Waals surface area (Å²) in [6.45, 7) is 5.36. The smallest absolute Gasteiger partial charge is 0.252 e. The highest BCUT2D eigenvalue weighted by Crippen LogP contribution is 2.25. The highest BCUT2D eigenvalue weighted by Gasteiger charge is 2.16. The van der Waals surface area contributed by atoms with Crippen LogP contribution >= 0.6 is 0 Å². The molecule has 2 heterocycles. The van der Waals surface area contributed by atoms with Crippen molar-refractivity contribution in [3.8, 4) is 0 Å². The molecule has 6 heteroatoms. The van der Waals surface area contributed by atoms with Gasteiger partial charge in [0, 0.05) is 27.1 Å². The standard InChI is InChI=1S/C18H23N5O/c1-12-19-17(16-18(20-12)24-13(2)21-16)23(5)11-15-9-7-6-8-14(15)10-22(3)4/h6-9H,10-11H2,1-5H3. The van der Waals surface area contributed by atoms with Crippen molar-refractivity contribution >= 4 is 17.0 Å². The van der Waals surface area contributed by atoms with Crippen molar-refractivity contribution in [2.45, 2.75) is 26.9 Å². The van der Waals surface area contributed by atoms with Crippen LogP contribution in [0.5, 0.6) is 0 Å². The first-order valence-electron chi connectivity index (χ1n) is 7.98. The molecule has 126 valence electrons. The third-order valence-corrected chi connectivity index (χ3v) is 3.83. The van der Waals surface area contributed by atoms with Crippen molar-refractivity contribution in [3.05, 3.63) is 47.1 Å². The van der Waals surface area contributed by atoms with E-state index in [9.17, 15) is 0 Å². The van der Waals surface area contributed by atoms with Gasteiger partial charge in [0.25, 0.3) is 5.71 Å². The van der Waals surface area contributed by atoms with Gasteiger partial charge in [-0.25, -0.2) is 9.97 Å². The van der Waals surface area contributed by atoms with Crippen LogP contribution in [0.4, 0.5) is 5.82 Å². The number of rotatable bonds is 5. The molecule has 0 saturated heterocycles. The van der Waals surface area contributed by atoms with Crippen LogP contribution < -0.4 is 4.90 Å². The van der Waals surface area contributed by atoms with Crippen LogP contribution in [0.3, 0.4) is 0 Å². The predicted molar refractivity (Wildman–Crippen MR) is 95.0 cm³/mol. The molecule has 0 bridgehead atoms. The van der Waals surface area contributed by atoms with Crippen molar-refractivity contribution in [1.29, 1.82) is 0 Å². The van der Waals surface area contributed by atoms with Crippen molar-refractivity contribution in [1.82, 2.24) is 19.9 Å². The maximum Gasteiger partial charge on any atom is 0.252 e. The lowest BCUT2D eigenvalue weighted by atomic mass is 10.1. The molecule has 0 atom stereocenters. The average Bonchev–Trinajstić information content (AvgIpc) is 2.87. The first-order chi connectivity index (χ1) is 11.4. The molecule has 3 rings (SSSR count). The maximum atomic E-state index is 5.57. The fraction of sp³-hybridized carbons (Fsp3) is 0.389. The molecule has 3 aromatic rings. The lowest BCUT2D eigenvalue weighted by Crippen LogP contribution is -2.21. The Hall–Kier alpha value is -2.47. The largest absolute Gasteiger partial charge is 0.422 e. The second-order valence-corrected chi connectivity index (χ2v) is 6.34. The van der Waals surface area contributed by atoms with Gasteiger partial charge >= 0.3 is 0 Å². The van der Waals surface area contributed by atoms with Gasteiger partial charge in [-0.3, -0.25) is 0 Å². The van der Waals surface area contributed by atoms with Gasteiger partial charge in [-0.1, -0.05) is 24.3 Å². The number of nitrogens with zero attached hydrogens (tertiary/aromatic N) is 5. The highest BCUT2D eigenvalue weighted by molar-refractivity contribution is 5.81. The van der Waals surface area contributed by atoms with Crippen molar-refractivity contribution < 1.29 is 4.42 Å². The molecular weight excluding hydrogens is 302 g/mol. The van der Waals surface area contributed by atoms with Crippen LogP contribution in [0.25, 0.3) is 11.2 Å². The summed E-state index contributed by atoms with van der Waals surface area (Å²) >= 11 is 0. The van der Waals surface area contributed by atoms with E-state index in [-0.39, 0.29) is 0 Å². The SMILES string of the molecule is Cc1nc(N(C)Cc2ccccc2CN(C)C)c2nc(C)oc2n1. The Morgan fingerprint density at radius 3 is 2.25 bits per heavy atom. The van der Waals surface area contributed by atoms with Crippen LogP contribution in [-0.2, 0) is 13.1 Å². The summed E-state index contributed by atoms with van der Waals surface area (Å²) in [5, 5.41) is 0. The highest BCUT2D eigenvalue weighted by atomic mass is 16.4. The predicted octanol–water partition coefficient (Wildman–Crippen LogP) is 2.93. The zero-order valence-electron chi connectivity index (χ0n) is 14.9. The Bertz CT molecular complexity index is 856. The zero-order valence-corrected chi connectivity index (χ0v) is 14.9. The van der Waals surface area contributed by atoms with Gasteiger partial charge < -0.3 is 14.2 Å². The van der Waals surface area contributed by atoms with Crippen molar-refractivity contribution in [2.24, 2.45) is 0 Å². The van der Waals surface area contributed by atoms with E-state index in [1.54, 1.807) is 0 Å². The Morgan fingerprint density at radius 2 is 1.58 bits per heavy atom. The normalized spacial score (nSPS) is 11.4. The Balaban J connectivity index is 1.95. The summed E-state index contributed by atoms with van der Waals surface area (Å²) in [5.74, 6) is 2.09. The summed E-state index contributed by atoms with van der Waals surface area (Å²) < 4.78 is 5.57. The molecule has 24 heavy (non-hydrogen) atoms. The number of benzene rings is 1. The molecule has 0 N–H and O–H groups in total. The van der Waals surface area contributed by atoms with E-state index in [0.29, 0.717) is 22.9 Å². The zero-order chi connectivity index (χ0) is 17.3. The molecule has 6 nitrogen and oxygen atoms in total. The molecule has 0 unspecified atom stereocenters. The first kappa shape index (κ1) is 16.4. The minimum atomic E-state index is 0.545. The van der Waals surface area contributed by atoms with E-state index in [1.165, 1.54) is 11.1 Å². The monoisotopic (exact) mass is 325 g/mol. The second kappa shape index (κ2) is 6.57. The molecule has 0 aliphatic carbocycles. The number of fused-ring (bicyclic) bond motifs is 1. The summed E-state index contributed by atoms with van der Waals surface area (Å²) in [6, 6.07) is 8.48. The quantitative estimate of drug-likeness (QED) is 0.719. The average molecular weight is 325 g/mol. The number of hydrogen-bond acceptors (Lipinski definition) is 6. The van der Waals surface area contributed by atoms with E-state index in [1.807, 2.05) is 20.9 Å². The third kappa shape index (κ3) is 3.38. The topological polar surface area (TPSA) is 58.3 Å². The molecule has 0 fully saturated rings. The summed E-state index contributed by atoms with van der Waals surface area (Å²) in [4.78, 5) is 17.6. The fourth-order valence-corrected chi connectivity index (χ4v) is 2.82. The van der Waals surface area contributed by atoms with Crippen LogP contribution in [-0.4, -0.2) is 41.0 Å². The minimum absolute atomic E-state index is 0.545. The maximum absolute atomic E-state index is 5.57. The van der Waals surface area contributed by atoms with E-state index in [0.717, 1.165) is 18.9 Å². The van der Waals surface area contributed by atoms with Gasteiger partial charge in [-0.15, -0.1) is 0 Å². The van der Waals surface area contributed by atoms with Gasteiger partial charge in [0.05, 0.1) is 0 Å². The molecule has 0 spiro atoms. The van der Waals surface area contributed by atoms with E-state index in [4.69, 9.17) is 4.42 Å². The van der Waals surface area contributed by atoms with Gasteiger partial charge in [-0.2, -0.15) is 4.98 Å². The second-order valence-electron chi connectivity index (χ2n) is 6.34. The molecule has 0 amide bonds. The number of aryl methyl sites for hydroxylation is 2. The third-order valence-electron chi connectivity index (χ3n) is 3.83. The molecule has 0 aliphatic heterocycles. The lowest BCUT2D eigenvalue weighted by molar-refractivity contribution is 0.401. The fourth-order valence-electron chi connectivity index (χ4n) is 2.82. The van der Waals surface area contributed by atoms with Gasteiger partial charge in [-0.05, 0) is 32.1 Å². The van der Waals surface area contributed by atoms with Crippen LogP contribution in [0.1, 0.15) is 22.8 Å². The molecule has 2 aromatic heterocycles.